The zero-order valence-corrected chi connectivity index (χ0v) is 17.6. The van der Waals surface area contributed by atoms with Gasteiger partial charge in [0.2, 0.25) is 11.8 Å². The Bertz CT molecular complexity index is 682. The van der Waals surface area contributed by atoms with Crippen LogP contribution in [-0.4, -0.2) is 55.3 Å². The number of piperidine rings is 1. The number of nitrogens with zero attached hydrogens (tertiary/aromatic N) is 2. The smallest absolute Gasteiger partial charge is 0.226 e. The van der Waals surface area contributed by atoms with Gasteiger partial charge in [-0.25, -0.2) is 0 Å². The number of rotatable bonds is 6. The van der Waals surface area contributed by atoms with Gasteiger partial charge in [-0.15, -0.1) is 0 Å². The molecule has 2 aliphatic rings. The number of nitrogens with one attached hydrogen (secondary N) is 1. The zero-order chi connectivity index (χ0) is 20.1. The lowest BCUT2D eigenvalue weighted by atomic mass is 9.86. The first-order chi connectivity index (χ1) is 13.5. The Balaban J connectivity index is 1.73. The van der Waals surface area contributed by atoms with Crippen molar-refractivity contribution < 1.29 is 9.59 Å². The maximum Gasteiger partial charge on any atom is 0.226 e. The van der Waals surface area contributed by atoms with E-state index in [1.165, 1.54) is 11.1 Å². The van der Waals surface area contributed by atoms with E-state index in [1.807, 2.05) is 19.0 Å². The quantitative estimate of drug-likeness (QED) is 0.818. The summed E-state index contributed by atoms with van der Waals surface area (Å²) in [6, 6.07) is 8.58. The van der Waals surface area contributed by atoms with Crippen molar-refractivity contribution in [2.45, 2.75) is 51.5 Å². The number of likely N-dealkylation sites (N-methyl/N-ethyl adjacent to an activating group) is 1. The Morgan fingerprint density at radius 1 is 1.11 bits per heavy atom. The van der Waals surface area contributed by atoms with Gasteiger partial charge in [-0.1, -0.05) is 42.7 Å². The minimum atomic E-state index is -0.103. The standard InChI is InChI=1S/C23H35N3O2/c1-17-7-6-10-19(15-17)21-12-11-20(22(27)24-13-14-25(2)3)16-26(21)23(28)18-8-4-5-9-18/h6-7,10,15,18,20-21H,4-5,8-9,11-14,16H2,1-3H3,(H,24,27). The van der Waals surface area contributed by atoms with Crippen LogP contribution >= 0.6 is 0 Å². The molecule has 5 heteroatoms. The number of hydrogen-bond donors (Lipinski definition) is 1. The summed E-state index contributed by atoms with van der Waals surface area (Å²) in [5, 5.41) is 3.06. The molecule has 2 unspecified atom stereocenters. The van der Waals surface area contributed by atoms with Gasteiger partial charge in [0.05, 0.1) is 12.0 Å². The van der Waals surface area contributed by atoms with E-state index in [2.05, 4.69) is 41.4 Å². The van der Waals surface area contributed by atoms with E-state index in [0.29, 0.717) is 13.1 Å². The molecule has 1 heterocycles. The second-order valence-corrected chi connectivity index (χ2v) is 8.77. The van der Waals surface area contributed by atoms with Crippen molar-refractivity contribution in [3.8, 4) is 0 Å². The van der Waals surface area contributed by atoms with Crippen molar-refractivity contribution in [3.05, 3.63) is 35.4 Å². The second-order valence-electron chi connectivity index (χ2n) is 8.77. The third-order valence-electron chi connectivity index (χ3n) is 6.23. The van der Waals surface area contributed by atoms with E-state index in [4.69, 9.17) is 0 Å². The first-order valence-corrected chi connectivity index (χ1v) is 10.7. The van der Waals surface area contributed by atoms with Crippen LogP contribution < -0.4 is 5.32 Å². The van der Waals surface area contributed by atoms with E-state index in [1.54, 1.807) is 0 Å². The molecule has 0 spiro atoms. The van der Waals surface area contributed by atoms with Crippen molar-refractivity contribution in [2.24, 2.45) is 11.8 Å². The molecule has 0 bridgehead atoms. The number of carbonyl (C=O) groups excluding carboxylic acids is 2. The molecule has 1 N–H and O–H groups in total. The van der Waals surface area contributed by atoms with Crippen LogP contribution in [0.2, 0.25) is 0 Å². The van der Waals surface area contributed by atoms with Gasteiger partial charge in [-0.2, -0.15) is 0 Å². The van der Waals surface area contributed by atoms with Crippen LogP contribution in [0.25, 0.3) is 0 Å². The summed E-state index contributed by atoms with van der Waals surface area (Å²) in [6.45, 7) is 4.12. The van der Waals surface area contributed by atoms with Crippen LogP contribution in [0.5, 0.6) is 0 Å². The highest BCUT2D eigenvalue weighted by Gasteiger charge is 2.38. The number of benzene rings is 1. The van der Waals surface area contributed by atoms with Gasteiger partial charge in [-0.05, 0) is 52.3 Å². The first kappa shape index (κ1) is 20.8. The lowest BCUT2D eigenvalue weighted by molar-refractivity contribution is -0.142. The van der Waals surface area contributed by atoms with E-state index >= 15 is 0 Å². The van der Waals surface area contributed by atoms with Gasteiger partial charge in [0, 0.05) is 25.6 Å². The molecule has 154 valence electrons. The summed E-state index contributed by atoms with van der Waals surface area (Å²) in [7, 11) is 4.00. The van der Waals surface area contributed by atoms with Gasteiger partial charge in [-0.3, -0.25) is 9.59 Å². The van der Waals surface area contributed by atoms with Gasteiger partial charge >= 0.3 is 0 Å². The molecule has 1 saturated heterocycles. The van der Waals surface area contributed by atoms with Crippen molar-refractivity contribution in [3.63, 3.8) is 0 Å². The van der Waals surface area contributed by atoms with Crippen molar-refractivity contribution in [1.29, 1.82) is 0 Å². The molecule has 2 atom stereocenters. The monoisotopic (exact) mass is 385 g/mol. The Labute approximate surface area is 169 Å². The molecular weight excluding hydrogens is 350 g/mol. The fraction of sp³-hybridized carbons (Fsp3) is 0.652. The summed E-state index contributed by atoms with van der Waals surface area (Å²) in [5.74, 6) is 0.389. The van der Waals surface area contributed by atoms with Crippen LogP contribution in [0, 0.1) is 18.8 Å². The van der Waals surface area contributed by atoms with Crippen LogP contribution in [0.4, 0.5) is 0 Å². The Morgan fingerprint density at radius 2 is 1.86 bits per heavy atom. The predicted octanol–water partition coefficient (Wildman–Crippen LogP) is 3.14. The predicted molar refractivity (Wildman–Crippen MR) is 112 cm³/mol. The van der Waals surface area contributed by atoms with E-state index in [0.717, 1.165) is 45.1 Å². The minimum absolute atomic E-state index is 0.0914. The number of hydrogen-bond acceptors (Lipinski definition) is 3. The Kier molecular flexibility index (Phi) is 7.11. The van der Waals surface area contributed by atoms with Crippen molar-refractivity contribution in [1.82, 2.24) is 15.1 Å². The summed E-state index contributed by atoms with van der Waals surface area (Å²) in [6.07, 6.45) is 5.97. The van der Waals surface area contributed by atoms with E-state index in [-0.39, 0.29) is 29.7 Å². The number of aryl methyl sites for hydroxylation is 1. The van der Waals surface area contributed by atoms with Gasteiger partial charge in [0.1, 0.15) is 0 Å². The molecule has 1 aliphatic carbocycles. The molecule has 2 fully saturated rings. The molecular formula is C23H35N3O2. The molecule has 1 aliphatic heterocycles. The third kappa shape index (κ3) is 5.13. The average molecular weight is 386 g/mol. The fourth-order valence-corrected chi connectivity index (χ4v) is 4.61. The lowest BCUT2D eigenvalue weighted by Gasteiger charge is -2.41. The second kappa shape index (κ2) is 9.55. The third-order valence-corrected chi connectivity index (χ3v) is 6.23. The van der Waals surface area contributed by atoms with Crippen LogP contribution in [0.3, 0.4) is 0 Å². The summed E-state index contributed by atoms with van der Waals surface area (Å²) in [5.41, 5.74) is 2.42. The molecule has 28 heavy (non-hydrogen) atoms. The molecule has 1 aromatic carbocycles. The summed E-state index contributed by atoms with van der Waals surface area (Å²) >= 11 is 0. The van der Waals surface area contributed by atoms with Crippen molar-refractivity contribution >= 4 is 11.8 Å². The highest BCUT2D eigenvalue weighted by Crippen LogP contribution is 2.37. The number of amides is 2. The maximum atomic E-state index is 13.3. The molecule has 3 rings (SSSR count). The molecule has 5 nitrogen and oxygen atoms in total. The van der Waals surface area contributed by atoms with Crippen LogP contribution in [-0.2, 0) is 9.59 Å². The molecule has 0 aromatic heterocycles. The molecule has 1 saturated carbocycles. The van der Waals surface area contributed by atoms with Crippen LogP contribution in [0.15, 0.2) is 24.3 Å². The molecule has 1 aromatic rings. The SMILES string of the molecule is Cc1cccc(C2CCC(C(=O)NCCN(C)C)CN2C(=O)C2CCCC2)c1. The first-order valence-electron chi connectivity index (χ1n) is 10.7. The number of carbonyl (C=O) groups is 2. The highest BCUT2D eigenvalue weighted by molar-refractivity contribution is 5.83. The largest absolute Gasteiger partial charge is 0.355 e. The van der Waals surface area contributed by atoms with E-state index in [9.17, 15) is 9.59 Å². The molecule has 2 amide bonds. The van der Waals surface area contributed by atoms with Gasteiger partial charge in [0.15, 0.2) is 0 Å². The average Bonchev–Trinajstić information content (AvgIpc) is 3.21. The number of likely N-dealkylation sites (tertiary alicyclic amines) is 1. The normalized spacial score (nSPS) is 23.2. The topological polar surface area (TPSA) is 52.7 Å². The van der Waals surface area contributed by atoms with Gasteiger partial charge in [0.25, 0.3) is 0 Å². The zero-order valence-electron chi connectivity index (χ0n) is 17.6. The Morgan fingerprint density at radius 3 is 2.54 bits per heavy atom. The highest BCUT2D eigenvalue weighted by atomic mass is 16.2. The van der Waals surface area contributed by atoms with Gasteiger partial charge < -0.3 is 15.1 Å². The van der Waals surface area contributed by atoms with Crippen LogP contribution in [0.1, 0.15) is 55.7 Å². The molecule has 0 radical (unpaired) electrons. The summed E-state index contributed by atoms with van der Waals surface area (Å²) in [4.78, 5) is 30.1. The maximum absolute atomic E-state index is 13.3. The van der Waals surface area contributed by atoms with Crippen molar-refractivity contribution in [2.75, 3.05) is 33.7 Å². The minimum Gasteiger partial charge on any atom is -0.355 e. The lowest BCUT2D eigenvalue weighted by Crippen LogP contribution is -2.49. The summed E-state index contributed by atoms with van der Waals surface area (Å²) < 4.78 is 0. The fourth-order valence-electron chi connectivity index (χ4n) is 4.61. The van der Waals surface area contributed by atoms with E-state index < -0.39 is 0 Å². The Hall–Kier alpha value is -1.88.